The summed E-state index contributed by atoms with van der Waals surface area (Å²) >= 11 is 0. The number of benzene rings is 2. The number of anilines is 1. The number of rotatable bonds is 3. The van der Waals surface area contributed by atoms with Crippen LogP contribution in [0, 0.1) is 0 Å². The number of hydrogen-bond donors (Lipinski definition) is 0. The quantitative estimate of drug-likeness (QED) is 0.799. The first-order valence-corrected chi connectivity index (χ1v) is 7.64. The number of alkyl halides is 1. The van der Waals surface area contributed by atoms with Crippen molar-refractivity contribution in [1.29, 1.82) is 0 Å². The first-order valence-electron chi connectivity index (χ1n) is 7.64. The van der Waals surface area contributed by atoms with Crippen molar-refractivity contribution >= 4 is 5.69 Å². The molecule has 0 N–H and O–H groups in total. The van der Waals surface area contributed by atoms with Gasteiger partial charge in [-0.3, -0.25) is 0 Å². The Labute approximate surface area is 131 Å². The van der Waals surface area contributed by atoms with Crippen LogP contribution in [0.4, 0.5) is 10.1 Å². The highest BCUT2D eigenvalue weighted by molar-refractivity contribution is 5.60. The second-order valence-electron chi connectivity index (χ2n) is 6.72. The van der Waals surface area contributed by atoms with Crippen molar-refractivity contribution in [1.82, 2.24) is 0 Å². The predicted octanol–water partition coefficient (Wildman–Crippen LogP) is 4.90. The molecule has 3 heteroatoms. The Hall–Kier alpha value is -2.03. The Morgan fingerprint density at radius 3 is 2.36 bits per heavy atom. The Kier molecular flexibility index (Phi) is 3.59. The largest absolute Gasteiger partial charge is 0.473 e. The summed E-state index contributed by atoms with van der Waals surface area (Å²) in [7, 11) is 0. The molecule has 0 aliphatic carbocycles. The van der Waals surface area contributed by atoms with E-state index in [4.69, 9.17) is 4.74 Å². The molecule has 0 bridgehead atoms. The lowest BCUT2D eigenvalue weighted by Gasteiger charge is -2.48. The number of para-hydroxylation sites is 2. The fourth-order valence-electron chi connectivity index (χ4n) is 3.38. The average molecular weight is 299 g/mol. The molecule has 0 spiro atoms. The molecule has 0 saturated heterocycles. The molecule has 0 radical (unpaired) electrons. The first-order chi connectivity index (χ1) is 10.4. The highest BCUT2D eigenvalue weighted by Crippen LogP contribution is 2.47. The molecule has 3 rings (SSSR count). The Balaban J connectivity index is 1.92. The van der Waals surface area contributed by atoms with Crippen molar-refractivity contribution < 1.29 is 9.13 Å². The molecule has 0 aromatic heterocycles. The van der Waals surface area contributed by atoms with E-state index in [0.29, 0.717) is 13.2 Å². The van der Waals surface area contributed by atoms with Crippen molar-refractivity contribution in [2.45, 2.75) is 38.4 Å². The molecule has 2 aromatic carbocycles. The van der Waals surface area contributed by atoms with Gasteiger partial charge in [-0.15, -0.1) is 0 Å². The zero-order valence-corrected chi connectivity index (χ0v) is 13.3. The third kappa shape index (κ3) is 2.68. The van der Waals surface area contributed by atoms with Gasteiger partial charge < -0.3 is 9.64 Å². The second kappa shape index (κ2) is 5.31. The highest BCUT2D eigenvalue weighted by atomic mass is 19.1. The third-order valence-corrected chi connectivity index (χ3v) is 4.36. The van der Waals surface area contributed by atoms with Crippen LogP contribution in [0.25, 0.3) is 0 Å². The summed E-state index contributed by atoms with van der Waals surface area (Å²) in [5.74, 6) is 0.823. The number of nitrogens with zero attached hydrogens (tertiary/aromatic N) is 1. The zero-order valence-electron chi connectivity index (χ0n) is 13.3. The average Bonchev–Trinajstić information content (AvgIpc) is 2.46. The van der Waals surface area contributed by atoms with Gasteiger partial charge >= 0.3 is 0 Å². The van der Waals surface area contributed by atoms with E-state index in [-0.39, 0.29) is 5.54 Å². The van der Waals surface area contributed by atoms with Gasteiger partial charge in [0.25, 0.3) is 0 Å². The smallest absolute Gasteiger partial charge is 0.161 e. The van der Waals surface area contributed by atoms with Crippen LogP contribution in [0.1, 0.15) is 32.8 Å². The number of ether oxygens (including phenoxy) is 1. The van der Waals surface area contributed by atoms with Crippen LogP contribution in [0.2, 0.25) is 0 Å². The van der Waals surface area contributed by atoms with Crippen molar-refractivity contribution in [3.63, 3.8) is 0 Å². The predicted molar refractivity (Wildman–Crippen MR) is 88.0 cm³/mol. The van der Waals surface area contributed by atoms with Gasteiger partial charge in [-0.05, 0) is 39.0 Å². The molecule has 0 fully saturated rings. The second-order valence-corrected chi connectivity index (χ2v) is 6.72. The van der Waals surface area contributed by atoms with E-state index in [1.54, 1.807) is 6.92 Å². The summed E-state index contributed by atoms with van der Waals surface area (Å²) in [6, 6.07) is 17.4. The summed E-state index contributed by atoms with van der Waals surface area (Å²) in [6.45, 7) is 6.21. The molecule has 0 amide bonds. The summed E-state index contributed by atoms with van der Waals surface area (Å²) in [5, 5.41) is 0. The monoisotopic (exact) mass is 299 g/mol. The standard InChI is InChI=1S/C19H22FNO/c1-18(2)13-19(3,20)16-11-7-8-12-17(16)21(18)14-22-15-9-5-4-6-10-15/h4-12H,13-14H2,1-3H3. The van der Waals surface area contributed by atoms with E-state index in [9.17, 15) is 0 Å². The summed E-state index contributed by atoms with van der Waals surface area (Å²) in [6.07, 6.45) is 0.440. The van der Waals surface area contributed by atoms with Gasteiger partial charge in [-0.2, -0.15) is 0 Å². The van der Waals surface area contributed by atoms with Crippen LogP contribution < -0.4 is 9.64 Å². The highest BCUT2D eigenvalue weighted by Gasteiger charge is 2.45. The van der Waals surface area contributed by atoms with Gasteiger partial charge in [-0.1, -0.05) is 36.4 Å². The number of hydrogen-bond acceptors (Lipinski definition) is 2. The summed E-state index contributed by atoms with van der Waals surface area (Å²) in [5.41, 5.74) is 0.0290. The van der Waals surface area contributed by atoms with Crippen molar-refractivity contribution in [3.8, 4) is 5.75 Å². The number of halogens is 1. The molecule has 2 nitrogen and oxygen atoms in total. The van der Waals surface area contributed by atoms with Gasteiger partial charge in [0.15, 0.2) is 6.73 Å². The zero-order chi connectivity index (χ0) is 15.8. The first kappa shape index (κ1) is 14.9. The fraction of sp³-hybridized carbons (Fsp3) is 0.368. The van der Waals surface area contributed by atoms with E-state index in [0.717, 1.165) is 17.0 Å². The SMILES string of the molecule is CC1(F)CC(C)(C)N(COc2ccccc2)c2ccccc21. The van der Waals surface area contributed by atoms with Gasteiger partial charge in [0.05, 0.1) is 0 Å². The molecule has 1 aliphatic heterocycles. The van der Waals surface area contributed by atoms with Crippen molar-refractivity contribution in [2.75, 3.05) is 11.6 Å². The minimum Gasteiger partial charge on any atom is -0.473 e. The third-order valence-electron chi connectivity index (χ3n) is 4.36. The maximum Gasteiger partial charge on any atom is 0.161 e. The minimum absolute atomic E-state index is 0.313. The maximum atomic E-state index is 15.0. The molecule has 22 heavy (non-hydrogen) atoms. The van der Waals surface area contributed by atoms with Crippen molar-refractivity contribution in [3.05, 3.63) is 60.2 Å². The molecule has 0 saturated carbocycles. The lowest BCUT2D eigenvalue weighted by atomic mass is 9.78. The van der Waals surface area contributed by atoms with E-state index >= 15 is 4.39 Å². The fourth-order valence-corrected chi connectivity index (χ4v) is 3.38. The van der Waals surface area contributed by atoms with Crippen LogP contribution >= 0.6 is 0 Å². The molecular formula is C19H22FNO. The Bertz CT molecular complexity index is 651. The van der Waals surface area contributed by atoms with Crippen LogP contribution in [0.5, 0.6) is 5.75 Å². The lowest BCUT2D eigenvalue weighted by Crippen LogP contribution is -2.53. The van der Waals surface area contributed by atoms with Gasteiger partial charge in [-0.25, -0.2) is 4.39 Å². The van der Waals surface area contributed by atoms with Crippen LogP contribution in [-0.4, -0.2) is 12.3 Å². The van der Waals surface area contributed by atoms with Crippen LogP contribution in [0.3, 0.4) is 0 Å². The molecule has 1 heterocycles. The topological polar surface area (TPSA) is 12.5 Å². The summed E-state index contributed by atoms with van der Waals surface area (Å²) < 4.78 is 20.9. The molecular weight excluding hydrogens is 277 g/mol. The summed E-state index contributed by atoms with van der Waals surface area (Å²) in [4.78, 5) is 2.15. The maximum absolute atomic E-state index is 15.0. The van der Waals surface area contributed by atoms with Crippen LogP contribution in [0.15, 0.2) is 54.6 Å². The van der Waals surface area contributed by atoms with Gasteiger partial charge in [0.2, 0.25) is 0 Å². The Morgan fingerprint density at radius 1 is 1.00 bits per heavy atom. The minimum atomic E-state index is -1.32. The molecule has 1 atom stereocenters. The van der Waals surface area contributed by atoms with E-state index < -0.39 is 5.67 Å². The lowest BCUT2D eigenvalue weighted by molar-refractivity contribution is 0.116. The van der Waals surface area contributed by atoms with E-state index in [2.05, 4.69) is 18.7 Å². The molecule has 1 unspecified atom stereocenters. The number of fused-ring (bicyclic) bond motifs is 1. The normalized spacial score (nSPS) is 23.0. The Morgan fingerprint density at radius 2 is 1.64 bits per heavy atom. The van der Waals surface area contributed by atoms with E-state index in [1.807, 2.05) is 54.6 Å². The van der Waals surface area contributed by atoms with Gasteiger partial charge in [0, 0.05) is 23.2 Å². The van der Waals surface area contributed by atoms with Crippen LogP contribution in [-0.2, 0) is 5.67 Å². The van der Waals surface area contributed by atoms with Gasteiger partial charge in [0.1, 0.15) is 11.4 Å². The molecule has 116 valence electrons. The van der Waals surface area contributed by atoms with E-state index in [1.165, 1.54) is 0 Å². The van der Waals surface area contributed by atoms with Crippen molar-refractivity contribution in [2.24, 2.45) is 0 Å². The molecule has 1 aliphatic rings. The molecule has 2 aromatic rings.